The number of piperazine rings is 1. The number of benzene rings is 2. The summed E-state index contributed by atoms with van der Waals surface area (Å²) in [7, 11) is 1.41. The van der Waals surface area contributed by atoms with E-state index in [0.29, 0.717) is 17.7 Å². The largest absolute Gasteiger partial charge is 0.467 e. The van der Waals surface area contributed by atoms with E-state index in [-0.39, 0.29) is 54.4 Å². The summed E-state index contributed by atoms with van der Waals surface area (Å²) >= 11 is 7.58. The summed E-state index contributed by atoms with van der Waals surface area (Å²) in [6, 6.07) is 6.34. The van der Waals surface area contributed by atoms with E-state index < -0.39 is 11.6 Å². The molecule has 7 nitrogen and oxygen atoms in total. The van der Waals surface area contributed by atoms with E-state index in [1.54, 1.807) is 6.07 Å². The fourth-order valence-corrected chi connectivity index (χ4v) is 5.62. The van der Waals surface area contributed by atoms with Crippen LogP contribution in [0.5, 0.6) is 6.01 Å². The van der Waals surface area contributed by atoms with Crippen molar-refractivity contribution in [1.82, 2.24) is 15.3 Å². The Kier molecular flexibility index (Phi) is 5.64. The molecule has 5 rings (SSSR count). The van der Waals surface area contributed by atoms with Crippen LogP contribution in [0.4, 0.5) is 19.6 Å². The first-order valence-electron chi connectivity index (χ1n) is 10.5. The molecule has 1 aliphatic rings. The molecule has 0 spiro atoms. The van der Waals surface area contributed by atoms with Gasteiger partial charge in [-0.2, -0.15) is 15.2 Å². The van der Waals surface area contributed by atoms with E-state index in [1.165, 1.54) is 19.2 Å². The maximum atomic E-state index is 16.2. The summed E-state index contributed by atoms with van der Waals surface area (Å²) in [6.45, 7) is 4.19. The molecule has 0 saturated carbocycles. The van der Waals surface area contributed by atoms with Crippen molar-refractivity contribution in [2.45, 2.75) is 13.0 Å². The number of nitrogens with zero attached hydrogens (tertiary/aromatic N) is 4. The number of ether oxygens (including phenoxy) is 1. The summed E-state index contributed by atoms with van der Waals surface area (Å²) in [5.41, 5.74) is 6.33. The second-order valence-corrected chi connectivity index (χ2v) is 9.44. The molecule has 0 amide bonds. The van der Waals surface area contributed by atoms with Crippen LogP contribution in [0.15, 0.2) is 18.2 Å². The molecule has 1 saturated heterocycles. The van der Waals surface area contributed by atoms with E-state index in [9.17, 15) is 9.65 Å². The molecule has 0 radical (unpaired) electrons. The summed E-state index contributed by atoms with van der Waals surface area (Å²) < 4.78 is 36.2. The Labute approximate surface area is 202 Å². The summed E-state index contributed by atoms with van der Waals surface area (Å²) in [6.07, 6.45) is 0. The Balaban J connectivity index is 1.84. The zero-order chi connectivity index (χ0) is 24.1. The minimum Gasteiger partial charge on any atom is -0.467 e. The van der Waals surface area contributed by atoms with Crippen molar-refractivity contribution in [3.05, 3.63) is 40.4 Å². The maximum Gasteiger partial charge on any atom is 0.318 e. The molecular formula is C23H19ClF2N6OS. The Bertz CT molecular complexity index is 1500. The second kappa shape index (κ2) is 8.51. The number of thiophene rings is 1. The molecule has 3 N–H and O–H groups in total. The van der Waals surface area contributed by atoms with Gasteiger partial charge in [-0.15, -0.1) is 11.3 Å². The standard InChI is InChI=1S/C23H19ClF2N6OS/c1-10-9-29-5-6-32(10)22-12-7-14(24)17(18(26)19(12)30-23(31-22)33-2)11-3-4-15(25)20-16(11)13(8-27)21(28)34-20/h3-4,7,10,29H,5-6,9,28H2,1-2H3. The fourth-order valence-electron chi connectivity index (χ4n) is 4.38. The Morgan fingerprint density at radius 2 is 2.15 bits per heavy atom. The van der Waals surface area contributed by atoms with Gasteiger partial charge >= 0.3 is 6.01 Å². The number of fused-ring (bicyclic) bond motifs is 2. The van der Waals surface area contributed by atoms with E-state index in [2.05, 4.69) is 20.2 Å². The van der Waals surface area contributed by atoms with Crippen LogP contribution in [0, 0.1) is 23.0 Å². The van der Waals surface area contributed by atoms with Gasteiger partial charge in [0.15, 0.2) is 5.82 Å². The van der Waals surface area contributed by atoms with Crippen molar-refractivity contribution >= 4 is 54.7 Å². The smallest absolute Gasteiger partial charge is 0.318 e. The third-order valence-corrected chi connectivity index (χ3v) is 7.32. The molecule has 1 fully saturated rings. The SMILES string of the molecule is COc1nc(N2CCNCC2C)c2cc(Cl)c(-c3ccc(F)c4sc(N)c(C#N)c34)c(F)c2n1. The Morgan fingerprint density at radius 3 is 2.85 bits per heavy atom. The zero-order valence-electron chi connectivity index (χ0n) is 18.2. The topological polar surface area (TPSA) is 100 Å². The van der Waals surface area contributed by atoms with Gasteiger partial charge in [-0.3, -0.25) is 0 Å². The number of nitriles is 1. The molecule has 2 aromatic heterocycles. The average Bonchev–Trinajstić information content (AvgIpc) is 3.17. The number of nitrogens with one attached hydrogen (secondary N) is 1. The molecular weight excluding hydrogens is 482 g/mol. The third kappa shape index (κ3) is 3.39. The predicted octanol–water partition coefficient (Wildman–Crippen LogP) is 4.70. The van der Waals surface area contributed by atoms with Crippen LogP contribution >= 0.6 is 22.9 Å². The van der Waals surface area contributed by atoms with Crippen LogP contribution in [0.25, 0.3) is 32.1 Å². The van der Waals surface area contributed by atoms with Gasteiger partial charge in [0.1, 0.15) is 28.2 Å². The van der Waals surface area contributed by atoms with Crippen LogP contribution in [-0.2, 0) is 0 Å². The number of aromatic nitrogens is 2. The van der Waals surface area contributed by atoms with E-state index in [0.717, 1.165) is 24.4 Å². The first kappa shape index (κ1) is 22.5. The van der Waals surface area contributed by atoms with Crippen molar-refractivity contribution < 1.29 is 13.5 Å². The Hall–Kier alpha value is -3.26. The Morgan fingerprint density at radius 1 is 1.35 bits per heavy atom. The summed E-state index contributed by atoms with van der Waals surface area (Å²) in [5.74, 6) is -0.744. The van der Waals surface area contributed by atoms with Gasteiger partial charge in [-0.25, -0.2) is 8.78 Å². The van der Waals surface area contributed by atoms with Crippen molar-refractivity contribution in [2.24, 2.45) is 0 Å². The molecule has 0 bridgehead atoms. The van der Waals surface area contributed by atoms with Gasteiger partial charge in [0.05, 0.1) is 22.4 Å². The summed E-state index contributed by atoms with van der Waals surface area (Å²) in [5, 5.41) is 13.8. The maximum absolute atomic E-state index is 16.2. The van der Waals surface area contributed by atoms with E-state index in [1.807, 2.05) is 13.0 Å². The monoisotopic (exact) mass is 500 g/mol. The van der Waals surface area contributed by atoms with Gasteiger partial charge < -0.3 is 20.7 Å². The lowest BCUT2D eigenvalue weighted by atomic mass is 9.97. The predicted molar refractivity (Wildman–Crippen MR) is 131 cm³/mol. The molecule has 4 aromatic rings. The quantitative estimate of drug-likeness (QED) is 0.420. The number of halogens is 3. The highest BCUT2D eigenvalue weighted by Gasteiger charge is 2.28. The first-order chi connectivity index (χ1) is 16.3. The molecule has 0 aliphatic carbocycles. The lowest BCUT2D eigenvalue weighted by molar-refractivity contribution is 0.380. The van der Waals surface area contributed by atoms with Gasteiger partial charge in [0.25, 0.3) is 0 Å². The van der Waals surface area contributed by atoms with Gasteiger partial charge in [-0.05, 0) is 24.6 Å². The molecule has 2 aromatic carbocycles. The van der Waals surface area contributed by atoms with Crippen molar-refractivity contribution in [3.8, 4) is 23.2 Å². The minimum atomic E-state index is -0.714. The number of nitrogens with two attached hydrogens (primary N) is 1. The molecule has 1 unspecified atom stereocenters. The van der Waals surface area contributed by atoms with Gasteiger partial charge in [0, 0.05) is 42.0 Å². The van der Waals surface area contributed by atoms with Crippen LogP contribution in [-0.4, -0.2) is 42.8 Å². The summed E-state index contributed by atoms with van der Waals surface area (Å²) in [4.78, 5) is 10.8. The molecule has 1 aliphatic heterocycles. The fraction of sp³-hybridized carbons (Fsp3) is 0.261. The normalized spacial score (nSPS) is 16.2. The van der Waals surface area contributed by atoms with Crippen LogP contribution in [0.2, 0.25) is 5.02 Å². The molecule has 3 heterocycles. The van der Waals surface area contributed by atoms with Crippen LogP contribution in [0.3, 0.4) is 0 Å². The van der Waals surface area contributed by atoms with Gasteiger partial charge in [0.2, 0.25) is 0 Å². The minimum absolute atomic E-state index is 0.00790. The number of nitrogen functional groups attached to an aromatic ring is 1. The first-order valence-corrected chi connectivity index (χ1v) is 11.7. The van der Waals surface area contributed by atoms with Crippen molar-refractivity contribution in [2.75, 3.05) is 37.4 Å². The highest BCUT2D eigenvalue weighted by atomic mass is 35.5. The lowest BCUT2D eigenvalue weighted by Gasteiger charge is -2.35. The van der Waals surface area contributed by atoms with Crippen molar-refractivity contribution in [1.29, 1.82) is 5.26 Å². The number of hydrogen-bond acceptors (Lipinski definition) is 8. The zero-order valence-corrected chi connectivity index (χ0v) is 19.8. The average molecular weight is 501 g/mol. The van der Waals surface area contributed by atoms with Crippen molar-refractivity contribution in [3.63, 3.8) is 0 Å². The number of hydrogen-bond donors (Lipinski definition) is 2. The van der Waals surface area contributed by atoms with Crippen LogP contribution in [0.1, 0.15) is 12.5 Å². The molecule has 11 heteroatoms. The van der Waals surface area contributed by atoms with Gasteiger partial charge in [-0.1, -0.05) is 17.7 Å². The number of rotatable bonds is 3. The van der Waals surface area contributed by atoms with Crippen LogP contribution < -0.4 is 20.7 Å². The molecule has 34 heavy (non-hydrogen) atoms. The van der Waals surface area contributed by atoms with E-state index >= 15 is 4.39 Å². The lowest BCUT2D eigenvalue weighted by Crippen LogP contribution is -2.50. The number of anilines is 2. The highest BCUT2D eigenvalue weighted by molar-refractivity contribution is 7.23. The highest BCUT2D eigenvalue weighted by Crippen LogP contribution is 2.45. The second-order valence-electron chi connectivity index (χ2n) is 7.98. The third-order valence-electron chi connectivity index (χ3n) is 6.00. The van der Waals surface area contributed by atoms with E-state index in [4.69, 9.17) is 22.1 Å². The molecule has 1 atom stereocenters. The number of methoxy groups -OCH3 is 1. The molecule has 174 valence electrons.